The number of thiol groups is 1. The standard InChI is InChI=1S/C9H8N4O3S/c14-6-3-1-5(2-4-6)13-8(10-11-12-13)7(17)9(15)16/h1-4,7,14,17H,(H,15,16). The van der Waals surface area contributed by atoms with E-state index < -0.39 is 11.2 Å². The van der Waals surface area contributed by atoms with E-state index in [0.717, 1.165) is 0 Å². The highest BCUT2D eigenvalue weighted by molar-refractivity contribution is 7.81. The highest BCUT2D eigenvalue weighted by atomic mass is 32.1. The first-order chi connectivity index (χ1) is 8.09. The van der Waals surface area contributed by atoms with Gasteiger partial charge in [0.25, 0.3) is 0 Å². The van der Waals surface area contributed by atoms with Crippen LogP contribution in [-0.4, -0.2) is 36.4 Å². The summed E-state index contributed by atoms with van der Waals surface area (Å²) >= 11 is 3.91. The number of benzene rings is 1. The molecule has 0 spiro atoms. The maximum Gasteiger partial charge on any atom is 0.324 e. The van der Waals surface area contributed by atoms with Crippen molar-refractivity contribution in [1.82, 2.24) is 20.2 Å². The molecule has 2 N–H and O–H groups in total. The lowest BCUT2D eigenvalue weighted by atomic mass is 10.3. The van der Waals surface area contributed by atoms with Crippen molar-refractivity contribution in [3.8, 4) is 11.4 Å². The lowest BCUT2D eigenvalue weighted by Crippen LogP contribution is -2.12. The minimum atomic E-state index is -1.14. The zero-order valence-electron chi connectivity index (χ0n) is 8.43. The Kier molecular flexibility index (Phi) is 2.96. The summed E-state index contributed by atoms with van der Waals surface area (Å²) in [5, 5.41) is 27.6. The Morgan fingerprint density at radius 2 is 2.00 bits per heavy atom. The number of phenols is 1. The highest BCUT2D eigenvalue weighted by Gasteiger charge is 2.22. The van der Waals surface area contributed by atoms with Gasteiger partial charge in [-0.2, -0.15) is 17.3 Å². The second kappa shape index (κ2) is 4.42. The summed E-state index contributed by atoms with van der Waals surface area (Å²) in [5.41, 5.74) is 0.545. The van der Waals surface area contributed by atoms with Crippen molar-refractivity contribution in [3.63, 3.8) is 0 Å². The molecule has 2 rings (SSSR count). The Morgan fingerprint density at radius 1 is 1.35 bits per heavy atom. The van der Waals surface area contributed by atoms with Gasteiger partial charge in [-0.3, -0.25) is 4.79 Å². The predicted octanol–water partition coefficient (Wildman–Crippen LogP) is 0.423. The van der Waals surface area contributed by atoms with Crippen LogP contribution in [0.3, 0.4) is 0 Å². The first-order valence-corrected chi connectivity index (χ1v) is 5.10. The van der Waals surface area contributed by atoms with Crippen LogP contribution in [0.2, 0.25) is 0 Å². The zero-order chi connectivity index (χ0) is 12.4. The fourth-order valence-corrected chi connectivity index (χ4v) is 1.41. The van der Waals surface area contributed by atoms with Crippen molar-refractivity contribution in [3.05, 3.63) is 30.1 Å². The molecule has 0 aliphatic rings. The Hall–Kier alpha value is -2.09. The lowest BCUT2D eigenvalue weighted by Gasteiger charge is -2.06. The third-order valence-corrected chi connectivity index (χ3v) is 2.52. The third kappa shape index (κ3) is 2.21. The average Bonchev–Trinajstić information content (AvgIpc) is 2.77. The number of aromatic hydroxyl groups is 1. The van der Waals surface area contributed by atoms with Crippen molar-refractivity contribution in [2.75, 3.05) is 0 Å². The summed E-state index contributed by atoms with van der Waals surface area (Å²) in [6.45, 7) is 0. The predicted molar refractivity (Wildman–Crippen MR) is 60.2 cm³/mol. The van der Waals surface area contributed by atoms with Gasteiger partial charge in [-0.15, -0.1) is 5.10 Å². The topological polar surface area (TPSA) is 101 Å². The maximum atomic E-state index is 10.8. The number of carboxylic acid groups (broad SMARTS) is 1. The van der Waals surface area contributed by atoms with Crippen LogP contribution in [0, 0.1) is 0 Å². The molecular formula is C9H8N4O3S. The summed E-state index contributed by atoms with van der Waals surface area (Å²) < 4.78 is 1.26. The quantitative estimate of drug-likeness (QED) is 0.684. The van der Waals surface area contributed by atoms with E-state index in [0.29, 0.717) is 5.69 Å². The van der Waals surface area contributed by atoms with Crippen molar-refractivity contribution in [2.45, 2.75) is 5.25 Å². The van der Waals surface area contributed by atoms with Crippen LogP contribution in [0.1, 0.15) is 11.1 Å². The highest BCUT2D eigenvalue weighted by Crippen LogP contribution is 2.20. The number of carboxylic acids is 1. The van der Waals surface area contributed by atoms with E-state index in [1.807, 2.05) is 0 Å². The van der Waals surface area contributed by atoms with Gasteiger partial charge in [0.2, 0.25) is 0 Å². The van der Waals surface area contributed by atoms with Gasteiger partial charge in [0.15, 0.2) is 11.1 Å². The Morgan fingerprint density at radius 3 is 2.59 bits per heavy atom. The van der Waals surface area contributed by atoms with Gasteiger partial charge in [0.1, 0.15) is 5.75 Å². The first-order valence-electron chi connectivity index (χ1n) is 4.58. The smallest absolute Gasteiger partial charge is 0.324 e. The van der Waals surface area contributed by atoms with Crippen molar-refractivity contribution >= 4 is 18.6 Å². The molecule has 0 amide bonds. The molecule has 88 valence electrons. The number of aromatic nitrogens is 4. The van der Waals surface area contributed by atoms with Crippen LogP contribution >= 0.6 is 12.6 Å². The zero-order valence-corrected chi connectivity index (χ0v) is 9.32. The van der Waals surface area contributed by atoms with E-state index in [4.69, 9.17) is 10.2 Å². The fraction of sp³-hybridized carbons (Fsp3) is 0.111. The monoisotopic (exact) mass is 252 g/mol. The van der Waals surface area contributed by atoms with Gasteiger partial charge < -0.3 is 10.2 Å². The summed E-state index contributed by atoms with van der Waals surface area (Å²) in [5.74, 6) is -0.932. The summed E-state index contributed by atoms with van der Waals surface area (Å²) in [6.07, 6.45) is 0. The van der Waals surface area contributed by atoms with Gasteiger partial charge in [-0.05, 0) is 34.7 Å². The molecule has 2 aromatic rings. The molecule has 0 saturated heterocycles. The molecule has 0 fully saturated rings. The van der Waals surface area contributed by atoms with E-state index >= 15 is 0 Å². The molecule has 1 aromatic heterocycles. The number of phenolic OH excluding ortho intramolecular Hbond substituents is 1. The maximum absolute atomic E-state index is 10.8. The molecule has 1 aromatic carbocycles. The molecule has 1 heterocycles. The van der Waals surface area contributed by atoms with Crippen LogP contribution in [0.5, 0.6) is 5.75 Å². The summed E-state index contributed by atoms with van der Waals surface area (Å²) in [6, 6.07) is 6.04. The fourth-order valence-electron chi connectivity index (χ4n) is 1.25. The van der Waals surface area contributed by atoms with Crippen molar-refractivity contribution in [1.29, 1.82) is 0 Å². The molecule has 0 saturated carbocycles. The molecule has 8 heteroatoms. The van der Waals surface area contributed by atoms with Crippen molar-refractivity contribution < 1.29 is 15.0 Å². The molecule has 0 bridgehead atoms. The van der Waals surface area contributed by atoms with E-state index in [2.05, 4.69) is 28.2 Å². The number of rotatable bonds is 3. The van der Waals surface area contributed by atoms with Gasteiger partial charge in [-0.1, -0.05) is 0 Å². The largest absolute Gasteiger partial charge is 0.508 e. The number of hydrogen-bond donors (Lipinski definition) is 3. The number of hydrogen-bond acceptors (Lipinski definition) is 6. The van der Waals surface area contributed by atoms with Gasteiger partial charge in [0, 0.05) is 0 Å². The number of aliphatic carboxylic acids is 1. The van der Waals surface area contributed by atoms with Crippen LogP contribution in [0.15, 0.2) is 24.3 Å². The molecule has 0 aliphatic heterocycles. The van der Waals surface area contributed by atoms with Crippen LogP contribution in [0.4, 0.5) is 0 Å². The first kappa shape index (κ1) is 11.4. The SMILES string of the molecule is O=C(O)C(S)c1nnnn1-c1ccc(O)cc1. The molecule has 0 aliphatic carbocycles. The molecule has 1 atom stereocenters. The Labute approximate surface area is 101 Å². The van der Waals surface area contributed by atoms with E-state index in [1.54, 1.807) is 12.1 Å². The Bertz CT molecular complexity index is 539. The number of nitrogens with zero attached hydrogens (tertiary/aromatic N) is 4. The minimum absolute atomic E-state index is 0.101. The van der Waals surface area contributed by atoms with Crippen molar-refractivity contribution in [2.24, 2.45) is 0 Å². The van der Waals surface area contributed by atoms with Crippen LogP contribution < -0.4 is 0 Å². The molecule has 1 unspecified atom stereocenters. The van der Waals surface area contributed by atoms with E-state index in [-0.39, 0.29) is 11.6 Å². The lowest BCUT2D eigenvalue weighted by molar-refractivity contribution is -0.136. The number of tetrazole rings is 1. The Balaban J connectivity index is 2.43. The van der Waals surface area contributed by atoms with E-state index in [9.17, 15) is 4.79 Å². The average molecular weight is 252 g/mol. The molecule has 7 nitrogen and oxygen atoms in total. The van der Waals surface area contributed by atoms with Crippen LogP contribution in [0.25, 0.3) is 5.69 Å². The third-order valence-electron chi connectivity index (χ3n) is 2.07. The minimum Gasteiger partial charge on any atom is -0.508 e. The van der Waals surface area contributed by atoms with Gasteiger partial charge >= 0.3 is 5.97 Å². The second-order valence-electron chi connectivity index (χ2n) is 3.21. The normalized spacial score (nSPS) is 12.3. The summed E-state index contributed by atoms with van der Waals surface area (Å²) in [4.78, 5) is 10.8. The van der Waals surface area contributed by atoms with E-state index in [1.165, 1.54) is 16.8 Å². The number of carbonyl (C=O) groups is 1. The van der Waals surface area contributed by atoms with Crippen LogP contribution in [-0.2, 0) is 4.79 Å². The van der Waals surface area contributed by atoms with Gasteiger partial charge in [-0.25, -0.2) is 0 Å². The molecule has 0 radical (unpaired) electrons. The molecule has 17 heavy (non-hydrogen) atoms. The van der Waals surface area contributed by atoms with Gasteiger partial charge in [0.05, 0.1) is 5.69 Å². The molecular weight excluding hydrogens is 244 g/mol. The second-order valence-corrected chi connectivity index (χ2v) is 3.72. The summed E-state index contributed by atoms with van der Waals surface area (Å²) in [7, 11) is 0.